The second kappa shape index (κ2) is 7.27. The Morgan fingerprint density at radius 3 is 2.59 bits per heavy atom. The zero-order valence-corrected chi connectivity index (χ0v) is 9.39. The summed E-state index contributed by atoms with van der Waals surface area (Å²) in [5.41, 5.74) is 0. The van der Waals surface area contributed by atoms with Crippen molar-refractivity contribution in [1.29, 1.82) is 0 Å². The molecule has 2 N–H and O–H groups in total. The summed E-state index contributed by atoms with van der Waals surface area (Å²) >= 11 is 0. The first-order valence-corrected chi connectivity index (χ1v) is 5.35. The average Bonchev–Trinajstić information content (AvgIpc) is 2.33. The van der Waals surface area contributed by atoms with Crippen LogP contribution < -0.4 is 10.1 Å². The number of ether oxygens (including phenoxy) is 1. The highest BCUT2D eigenvalue weighted by atomic mass is 16.5. The lowest BCUT2D eigenvalue weighted by Gasteiger charge is -2.05. The van der Waals surface area contributed by atoms with Crippen LogP contribution in [0.2, 0.25) is 0 Å². The highest BCUT2D eigenvalue weighted by Gasteiger charge is 2.03. The minimum atomic E-state index is -1.04. The Hall–Kier alpha value is -2.04. The van der Waals surface area contributed by atoms with E-state index < -0.39 is 5.97 Å². The van der Waals surface area contributed by atoms with Crippen LogP contribution >= 0.6 is 0 Å². The minimum Gasteiger partial charge on any atom is -0.494 e. The van der Waals surface area contributed by atoms with Crippen molar-refractivity contribution >= 4 is 11.9 Å². The smallest absolute Gasteiger partial charge is 0.322 e. The number of carboxylic acids is 1. The normalized spacial score (nSPS) is 9.65. The molecule has 92 valence electrons. The number of hydrogen-bond acceptors (Lipinski definition) is 3. The fourth-order valence-electron chi connectivity index (χ4n) is 1.20. The van der Waals surface area contributed by atoms with E-state index in [-0.39, 0.29) is 18.9 Å². The molecule has 0 aliphatic heterocycles. The summed E-state index contributed by atoms with van der Waals surface area (Å²) in [5.74, 6) is -0.554. The number of carboxylic acid groups (broad SMARTS) is 1. The molecule has 0 aliphatic carbocycles. The van der Waals surface area contributed by atoms with Gasteiger partial charge in [-0.1, -0.05) is 18.2 Å². The molecule has 0 atom stereocenters. The zero-order valence-electron chi connectivity index (χ0n) is 9.39. The number of carbonyl (C=O) groups is 2. The van der Waals surface area contributed by atoms with E-state index in [1.54, 1.807) is 0 Å². The summed E-state index contributed by atoms with van der Waals surface area (Å²) in [7, 11) is 0. The number of para-hydroxylation sites is 1. The Bertz CT molecular complexity index is 364. The van der Waals surface area contributed by atoms with Crippen LogP contribution in [0.5, 0.6) is 5.75 Å². The molecule has 0 spiro atoms. The molecule has 5 heteroatoms. The van der Waals surface area contributed by atoms with E-state index in [2.05, 4.69) is 5.32 Å². The van der Waals surface area contributed by atoms with Gasteiger partial charge in [-0.25, -0.2) is 0 Å². The van der Waals surface area contributed by atoms with Crippen molar-refractivity contribution in [2.24, 2.45) is 0 Å². The molecule has 0 saturated carbocycles. The maximum absolute atomic E-state index is 11.1. The summed E-state index contributed by atoms with van der Waals surface area (Å²) in [6.45, 7) is 0.100. The van der Waals surface area contributed by atoms with Crippen LogP contribution in [-0.2, 0) is 9.59 Å². The van der Waals surface area contributed by atoms with Crippen LogP contribution in [0.3, 0.4) is 0 Å². The summed E-state index contributed by atoms with van der Waals surface area (Å²) in [6, 6.07) is 9.31. The number of rotatable bonds is 7. The Kier molecular flexibility index (Phi) is 5.57. The highest BCUT2D eigenvalue weighted by Crippen LogP contribution is 2.08. The summed E-state index contributed by atoms with van der Waals surface area (Å²) in [6.07, 6.45) is 0.820. The zero-order chi connectivity index (χ0) is 12.5. The van der Waals surface area contributed by atoms with Gasteiger partial charge in [-0.3, -0.25) is 9.59 Å². The fraction of sp³-hybridized carbons (Fsp3) is 0.333. The van der Waals surface area contributed by atoms with Gasteiger partial charge in [0.05, 0.1) is 6.61 Å². The molecule has 0 aliphatic rings. The molecule has 0 bridgehead atoms. The first-order valence-electron chi connectivity index (χ1n) is 5.35. The molecule has 5 nitrogen and oxygen atoms in total. The lowest BCUT2D eigenvalue weighted by Crippen LogP contribution is -2.29. The third-order valence-electron chi connectivity index (χ3n) is 2.00. The van der Waals surface area contributed by atoms with Crippen molar-refractivity contribution in [1.82, 2.24) is 5.32 Å². The first-order chi connectivity index (χ1) is 8.18. The van der Waals surface area contributed by atoms with Crippen LogP contribution in [0.15, 0.2) is 30.3 Å². The number of hydrogen-bond donors (Lipinski definition) is 2. The fourth-order valence-corrected chi connectivity index (χ4v) is 1.20. The lowest BCUT2D eigenvalue weighted by atomic mass is 10.3. The summed E-state index contributed by atoms with van der Waals surface area (Å²) in [4.78, 5) is 21.3. The van der Waals surface area contributed by atoms with Crippen molar-refractivity contribution in [3.63, 3.8) is 0 Å². The van der Waals surface area contributed by atoms with E-state index in [9.17, 15) is 9.59 Å². The maximum atomic E-state index is 11.1. The highest BCUT2D eigenvalue weighted by molar-refractivity contribution is 5.80. The van der Waals surface area contributed by atoms with Gasteiger partial charge in [0, 0.05) is 6.42 Å². The molecule has 0 saturated heterocycles. The van der Waals surface area contributed by atoms with Gasteiger partial charge in [-0.2, -0.15) is 0 Å². The largest absolute Gasteiger partial charge is 0.494 e. The molecular weight excluding hydrogens is 222 g/mol. The van der Waals surface area contributed by atoms with E-state index in [0.717, 1.165) is 5.75 Å². The van der Waals surface area contributed by atoms with Crippen molar-refractivity contribution in [2.75, 3.05) is 13.2 Å². The third kappa shape index (κ3) is 6.19. The third-order valence-corrected chi connectivity index (χ3v) is 2.00. The van der Waals surface area contributed by atoms with Gasteiger partial charge in [-0.05, 0) is 18.6 Å². The van der Waals surface area contributed by atoms with Crippen LogP contribution in [-0.4, -0.2) is 30.1 Å². The van der Waals surface area contributed by atoms with Gasteiger partial charge in [0.2, 0.25) is 5.91 Å². The lowest BCUT2D eigenvalue weighted by molar-refractivity contribution is -0.137. The van der Waals surface area contributed by atoms with Crippen LogP contribution in [0, 0.1) is 0 Å². The molecule has 0 aromatic heterocycles. The van der Waals surface area contributed by atoms with Crippen LogP contribution in [0.4, 0.5) is 0 Å². The van der Waals surface area contributed by atoms with E-state index >= 15 is 0 Å². The van der Waals surface area contributed by atoms with E-state index in [4.69, 9.17) is 9.84 Å². The average molecular weight is 237 g/mol. The Balaban J connectivity index is 2.08. The summed E-state index contributed by atoms with van der Waals surface area (Å²) < 4.78 is 5.39. The van der Waals surface area contributed by atoms with E-state index in [1.807, 2.05) is 30.3 Å². The maximum Gasteiger partial charge on any atom is 0.322 e. The van der Waals surface area contributed by atoms with Gasteiger partial charge in [-0.15, -0.1) is 0 Å². The standard InChI is InChI=1S/C12H15NO4/c14-11(13-9-12(15)16)7-4-8-17-10-5-2-1-3-6-10/h1-3,5-6H,4,7-9H2,(H,13,14)(H,15,16). The number of nitrogens with one attached hydrogen (secondary N) is 1. The van der Waals surface area contributed by atoms with E-state index in [1.165, 1.54) is 0 Å². The van der Waals surface area contributed by atoms with Gasteiger partial charge in [0.25, 0.3) is 0 Å². The Morgan fingerprint density at radius 2 is 1.94 bits per heavy atom. The molecule has 0 fully saturated rings. The first kappa shape index (κ1) is 13.0. The molecule has 0 radical (unpaired) electrons. The second-order valence-electron chi connectivity index (χ2n) is 3.44. The molecule has 1 aromatic carbocycles. The van der Waals surface area contributed by atoms with Gasteiger partial charge in [0.1, 0.15) is 12.3 Å². The monoisotopic (exact) mass is 237 g/mol. The van der Waals surface area contributed by atoms with E-state index in [0.29, 0.717) is 13.0 Å². The van der Waals surface area contributed by atoms with Crippen molar-refractivity contribution in [3.05, 3.63) is 30.3 Å². The van der Waals surface area contributed by atoms with Crippen molar-refractivity contribution in [2.45, 2.75) is 12.8 Å². The van der Waals surface area contributed by atoms with Gasteiger partial charge < -0.3 is 15.2 Å². The number of amides is 1. The van der Waals surface area contributed by atoms with Crippen molar-refractivity contribution < 1.29 is 19.4 Å². The quantitative estimate of drug-likeness (QED) is 0.695. The predicted molar refractivity (Wildman–Crippen MR) is 61.8 cm³/mol. The number of aliphatic carboxylic acids is 1. The molecule has 1 aromatic rings. The molecule has 0 unspecified atom stereocenters. The predicted octanol–water partition coefficient (Wildman–Crippen LogP) is 1.05. The minimum absolute atomic E-state index is 0.264. The van der Waals surface area contributed by atoms with Gasteiger partial charge >= 0.3 is 5.97 Å². The molecule has 1 amide bonds. The van der Waals surface area contributed by atoms with Gasteiger partial charge in [0.15, 0.2) is 0 Å². The Morgan fingerprint density at radius 1 is 1.24 bits per heavy atom. The molecule has 0 heterocycles. The number of carbonyl (C=O) groups excluding carboxylic acids is 1. The number of benzene rings is 1. The van der Waals surface area contributed by atoms with Crippen LogP contribution in [0.1, 0.15) is 12.8 Å². The molecule has 17 heavy (non-hydrogen) atoms. The molecule has 1 rings (SSSR count). The summed E-state index contributed by atoms with van der Waals surface area (Å²) in [5, 5.41) is 10.6. The Labute approximate surface area is 99.4 Å². The second-order valence-corrected chi connectivity index (χ2v) is 3.44. The molecular formula is C12H15NO4. The SMILES string of the molecule is O=C(O)CNC(=O)CCCOc1ccccc1. The topological polar surface area (TPSA) is 75.6 Å². The van der Waals surface area contributed by atoms with Crippen LogP contribution in [0.25, 0.3) is 0 Å². The van der Waals surface area contributed by atoms with Crippen molar-refractivity contribution in [3.8, 4) is 5.75 Å².